The molecule has 1 aromatic heterocycles. The Morgan fingerprint density at radius 1 is 0.852 bits per heavy atom. The average Bonchev–Trinajstić information content (AvgIpc) is 2.60. The molecule has 3 aromatic rings. The summed E-state index contributed by atoms with van der Waals surface area (Å²) in [7, 11) is 0. The van der Waals surface area contributed by atoms with Crippen molar-refractivity contribution in [3.05, 3.63) is 63.5 Å². The number of fused-ring (bicyclic) bond motifs is 1. The first-order chi connectivity index (χ1) is 12.7. The predicted octanol–water partition coefficient (Wildman–Crippen LogP) is 6.54. The zero-order chi connectivity index (χ0) is 19.9. The Bertz CT molecular complexity index is 1010. The lowest BCUT2D eigenvalue weighted by Gasteiger charge is -2.15. The second-order valence-corrected chi connectivity index (χ2v) is 8.21. The second-order valence-electron chi connectivity index (χ2n) is 8.21. The molecule has 0 atom stereocenters. The van der Waals surface area contributed by atoms with E-state index in [1.807, 2.05) is 13.8 Å². The van der Waals surface area contributed by atoms with Gasteiger partial charge in [-0.3, -0.25) is 4.79 Å². The van der Waals surface area contributed by atoms with Gasteiger partial charge in [-0.1, -0.05) is 59.7 Å². The first-order valence-electron chi connectivity index (χ1n) is 9.63. The molecule has 0 bridgehead atoms. The molecule has 0 aliphatic carbocycles. The molecule has 3 heteroatoms. The van der Waals surface area contributed by atoms with E-state index in [1.54, 1.807) is 18.4 Å². The van der Waals surface area contributed by atoms with Gasteiger partial charge in [0.2, 0.25) is 5.43 Å². The highest BCUT2D eigenvalue weighted by atomic mass is 16.3. The summed E-state index contributed by atoms with van der Waals surface area (Å²) >= 11 is 0. The van der Waals surface area contributed by atoms with Crippen molar-refractivity contribution >= 4 is 11.0 Å². The van der Waals surface area contributed by atoms with Crippen molar-refractivity contribution in [3.8, 4) is 16.9 Å². The largest absolute Gasteiger partial charge is 0.508 e. The molecule has 2 aromatic carbocycles. The van der Waals surface area contributed by atoms with Crippen molar-refractivity contribution in [2.45, 2.75) is 59.3 Å². The molecular formula is C24H28O3. The van der Waals surface area contributed by atoms with E-state index in [0.717, 1.165) is 5.56 Å². The van der Waals surface area contributed by atoms with Crippen LogP contribution in [0, 0.1) is 0 Å². The fourth-order valence-electron chi connectivity index (χ4n) is 3.47. The Kier molecular flexibility index (Phi) is 5.14. The van der Waals surface area contributed by atoms with Crippen LogP contribution in [0.5, 0.6) is 5.75 Å². The molecule has 0 aliphatic heterocycles. The molecule has 0 saturated heterocycles. The molecular weight excluding hydrogens is 336 g/mol. The summed E-state index contributed by atoms with van der Waals surface area (Å²) in [4.78, 5) is 13.2. The van der Waals surface area contributed by atoms with Gasteiger partial charge in [0.15, 0.2) is 0 Å². The van der Waals surface area contributed by atoms with Crippen LogP contribution in [0.25, 0.3) is 22.1 Å². The van der Waals surface area contributed by atoms with E-state index < -0.39 is 0 Å². The maximum absolute atomic E-state index is 13.2. The van der Waals surface area contributed by atoms with E-state index in [1.165, 1.54) is 11.1 Å². The van der Waals surface area contributed by atoms with Gasteiger partial charge in [-0.25, -0.2) is 0 Å². The lowest BCUT2D eigenvalue weighted by atomic mass is 9.91. The highest BCUT2D eigenvalue weighted by Crippen LogP contribution is 2.34. The zero-order valence-electron chi connectivity index (χ0n) is 17.0. The van der Waals surface area contributed by atoms with E-state index in [9.17, 15) is 9.90 Å². The number of phenols is 1. The van der Waals surface area contributed by atoms with Crippen LogP contribution in [0.1, 0.15) is 76.0 Å². The molecule has 1 N–H and O–H groups in total. The van der Waals surface area contributed by atoms with E-state index in [0.29, 0.717) is 33.9 Å². The third-order valence-corrected chi connectivity index (χ3v) is 5.16. The first kappa shape index (κ1) is 19.2. The van der Waals surface area contributed by atoms with Crippen LogP contribution in [0.15, 0.2) is 45.8 Å². The smallest absolute Gasteiger partial charge is 0.200 e. The quantitative estimate of drug-likeness (QED) is 0.572. The minimum absolute atomic E-state index is 0.0551. The van der Waals surface area contributed by atoms with Crippen LogP contribution in [-0.4, -0.2) is 5.11 Å². The van der Waals surface area contributed by atoms with Gasteiger partial charge in [-0.15, -0.1) is 0 Å². The SMILES string of the molecule is CC(C)c1cc(-c2coc3c(C(C)C)c(O)ccc3c2=O)cc(C(C)C)c1. The summed E-state index contributed by atoms with van der Waals surface area (Å²) in [6.07, 6.45) is 1.54. The van der Waals surface area contributed by atoms with Crippen molar-refractivity contribution in [2.75, 3.05) is 0 Å². The van der Waals surface area contributed by atoms with E-state index >= 15 is 0 Å². The van der Waals surface area contributed by atoms with Gasteiger partial charge in [-0.05, 0) is 46.6 Å². The third kappa shape index (κ3) is 3.51. The Labute approximate surface area is 160 Å². The number of hydrogen-bond donors (Lipinski definition) is 1. The van der Waals surface area contributed by atoms with Crippen molar-refractivity contribution in [2.24, 2.45) is 0 Å². The first-order valence-corrected chi connectivity index (χ1v) is 9.63. The Hall–Kier alpha value is -2.55. The number of phenolic OH excluding ortho intramolecular Hbond substituents is 1. The van der Waals surface area contributed by atoms with Crippen LogP contribution in [-0.2, 0) is 0 Å². The van der Waals surface area contributed by atoms with Gasteiger partial charge in [0.25, 0.3) is 0 Å². The van der Waals surface area contributed by atoms with E-state index in [2.05, 4.69) is 45.9 Å². The van der Waals surface area contributed by atoms with Crippen molar-refractivity contribution in [3.63, 3.8) is 0 Å². The van der Waals surface area contributed by atoms with Gasteiger partial charge in [-0.2, -0.15) is 0 Å². The summed E-state index contributed by atoms with van der Waals surface area (Å²) in [5.41, 5.74) is 4.96. The molecule has 0 spiro atoms. The molecule has 3 nitrogen and oxygen atoms in total. The van der Waals surface area contributed by atoms with Crippen LogP contribution < -0.4 is 5.43 Å². The standard InChI is InChI=1S/C24H28O3/c1-13(2)16-9-17(14(3)4)11-18(10-16)20-12-27-24-19(23(20)26)7-8-21(25)22(24)15(5)6/h7-15,25H,1-6H3. The van der Waals surface area contributed by atoms with Gasteiger partial charge in [0.05, 0.1) is 10.9 Å². The number of hydrogen-bond acceptors (Lipinski definition) is 3. The van der Waals surface area contributed by atoms with Gasteiger partial charge in [0, 0.05) is 5.56 Å². The minimum Gasteiger partial charge on any atom is -0.508 e. The predicted molar refractivity (Wildman–Crippen MR) is 112 cm³/mol. The number of benzene rings is 2. The Morgan fingerprint density at radius 3 is 1.96 bits per heavy atom. The monoisotopic (exact) mass is 364 g/mol. The molecule has 3 rings (SSSR count). The average molecular weight is 364 g/mol. The molecule has 0 radical (unpaired) electrons. The maximum Gasteiger partial charge on any atom is 0.200 e. The molecule has 27 heavy (non-hydrogen) atoms. The van der Waals surface area contributed by atoms with E-state index in [4.69, 9.17) is 4.42 Å². The number of aromatic hydroxyl groups is 1. The van der Waals surface area contributed by atoms with Crippen LogP contribution in [0.2, 0.25) is 0 Å². The minimum atomic E-state index is -0.0613. The summed E-state index contributed by atoms with van der Waals surface area (Å²) in [5, 5.41) is 10.7. The molecule has 142 valence electrons. The molecule has 0 fully saturated rings. The zero-order valence-corrected chi connectivity index (χ0v) is 17.0. The van der Waals surface area contributed by atoms with Gasteiger partial charge < -0.3 is 9.52 Å². The summed E-state index contributed by atoms with van der Waals surface area (Å²) in [6.45, 7) is 12.6. The van der Waals surface area contributed by atoms with Crippen LogP contribution in [0.4, 0.5) is 0 Å². The van der Waals surface area contributed by atoms with Crippen molar-refractivity contribution in [1.29, 1.82) is 0 Å². The Balaban J connectivity index is 2.29. The van der Waals surface area contributed by atoms with Crippen LogP contribution >= 0.6 is 0 Å². The van der Waals surface area contributed by atoms with Crippen LogP contribution in [0.3, 0.4) is 0 Å². The second kappa shape index (κ2) is 7.22. The molecule has 0 aliphatic rings. The molecule has 0 unspecified atom stereocenters. The maximum atomic E-state index is 13.2. The highest BCUT2D eigenvalue weighted by molar-refractivity contribution is 5.86. The third-order valence-electron chi connectivity index (χ3n) is 5.16. The molecule has 1 heterocycles. The lowest BCUT2D eigenvalue weighted by Crippen LogP contribution is -2.07. The van der Waals surface area contributed by atoms with Crippen molar-refractivity contribution in [1.82, 2.24) is 0 Å². The highest BCUT2D eigenvalue weighted by Gasteiger charge is 2.18. The summed E-state index contributed by atoms with van der Waals surface area (Å²) < 4.78 is 5.89. The fraction of sp³-hybridized carbons (Fsp3) is 0.375. The normalized spacial score (nSPS) is 11.9. The van der Waals surface area contributed by atoms with E-state index in [-0.39, 0.29) is 17.1 Å². The molecule has 0 amide bonds. The van der Waals surface area contributed by atoms with Gasteiger partial charge >= 0.3 is 0 Å². The fourth-order valence-corrected chi connectivity index (χ4v) is 3.47. The summed E-state index contributed by atoms with van der Waals surface area (Å²) in [5.74, 6) is 0.968. The van der Waals surface area contributed by atoms with Gasteiger partial charge in [0.1, 0.15) is 17.6 Å². The molecule has 0 saturated carbocycles. The number of rotatable bonds is 4. The topological polar surface area (TPSA) is 50.4 Å². The lowest BCUT2D eigenvalue weighted by molar-refractivity contribution is 0.462. The van der Waals surface area contributed by atoms with Crippen molar-refractivity contribution < 1.29 is 9.52 Å². The Morgan fingerprint density at radius 2 is 1.44 bits per heavy atom. The summed E-state index contributed by atoms with van der Waals surface area (Å²) in [6, 6.07) is 9.62.